The van der Waals surface area contributed by atoms with Gasteiger partial charge in [0.25, 0.3) is 0 Å². The van der Waals surface area contributed by atoms with Gasteiger partial charge in [0, 0.05) is 18.4 Å². The number of nitrogens with one attached hydrogen (secondary N) is 1. The van der Waals surface area contributed by atoms with Gasteiger partial charge in [0.1, 0.15) is 18.2 Å². The van der Waals surface area contributed by atoms with E-state index in [2.05, 4.69) is 10.3 Å². The zero-order valence-corrected chi connectivity index (χ0v) is 17.1. The molecule has 6 nitrogen and oxygen atoms in total. The van der Waals surface area contributed by atoms with E-state index in [1.54, 1.807) is 17.5 Å². The highest BCUT2D eigenvalue weighted by atomic mass is 32.1. The lowest BCUT2D eigenvalue weighted by Crippen LogP contribution is -2.26. The first-order valence-corrected chi connectivity index (χ1v) is 10.1. The van der Waals surface area contributed by atoms with Gasteiger partial charge in [0.05, 0.1) is 17.9 Å². The number of nitrogens with zero attached hydrogens (tertiary/aromatic N) is 2. The van der Waals surface area contributed by atoms with Crippen molar-refractivity contribution in [3.8, 4) is 5.75 Å². The number of ether oxygens (including phenoxy) is 1. The van der Waals surface area contributed by atoms with Crippen LogP contribution in [-0.4, -0.2) is 29.9 Å². The third kappa shape index (κ3) is 5.74. The molecular weight excluding hydrogens is 405 g/mol. The summed E-state index contributed by atoms with van der Waals surface area (Å²) in [6.07, 6.45) is 2.88. The number of thiazole rings is 1. The van der Waals surface area contributed by atoms with Crippen LogP contribution in [0.15, 0.2) is 66.1 Å². The molecule has 0 atom stereocenters. The number of benzene rings is 2. The molecule has 1 aromatic heterocycles. The summed E-state index contributed by atoms with van der Waals surface area (Å²) in [6, 6.07) is 15.3. The number of hydrogen-bond donors (Lipinski definition) is 1. The fourth-order valence-corrected chi connectivity index (χ4v) is 3.42. The van der Waals surface area contributed by atoms with E-state index in [1.807, 2.05) is 30.3 Å². The van der Waals surface area contributed by atoms with Crippen molar-refractivity contribution in [3.05, 3.63) is 77.6 Å². The van der Waals surface area contributed by atoms with Gasteiger partial charge in [-0.3, -0.25) is 14.5 Å². The molecule has 30 heavy (non-hydrogen) atoms. The van der Waals surface area contributed by atoms with E-state index in [-0.39, 0.29) is 17.5 Å². The normalized spacial score (nSPS) is 10.7. The number of carbonyl (C=O) groups is 2. The molecule has 0 saturated carbocycles. The number of hydrogen-bond acceptors (Lipinski definition) is 5. The quantitative estimate of drug-likeness (QED) is 0.434. The van der Waals surface area contributed by atoms with Crippen LogP contribution < -0.4 is 15.0 Å². The Morgan fingerprint density at radius 2 is 1.90 bits per heavy atom. The van der Waals surface area contributed by atoms with Gasteiger partial charge >= 0.3 is 0 Å². The maximum atomic E-state index is 14.1. The number of aromatic nitrogens is 1. The van der Waals surface area contributed by atoms with Crippen molar-refractivity contribution < 1.29 is 18.7 Å². The highest BCUT2D eigenvalue weighted by molar-refractivity contribution is 7.14. The minimum Gasteiger partial charge on any atom is -0.492 e. The Morgan fingerprint density at radius 3 is 2.63 bits per heavy atom. The second-order valence-corrected chi connectivity index (χ2v) is 6.98. The molecular formula is C22H20FN3O3S. The molecule has 0 bridgehead atoms. The van der Waals surface area contributed by atoms with Crippen molar-refractivity contribution in [2.24, 2.45) is 0 Å². The van der Waals surface area contributed by atoms with Gasteiger partial charge in [-0.1, -0.05) is 30.3 Å². The van der Waals surface area contributed by atoms with Crippen LogP contribution >= 0.6 is 11.3 Å². The van der Waals surface area contributed by atoms with E-state index in [0.717, 1.165) is 5.75 Å². The summed E-state index contributed by atoms with van der Waals surface area (Å²) in [7, 11) is 0. The molecule has 0 unspecified atom stereocenters. The van der Waals surface area contributed by atoms with Crippen molar-refractivity contribution in [1.82, 2.24) is 10.3 Å². The second kappa shape index (κ2) is 10.3. The molecule has 0 fully saturated rings. The van der Waals surface area contributed by atoms with Gasteiger partial charge in [-0.05, 0) is 30.3 Å². The molecule has 0 aliphatic rings. The van der Waals surface area contributed by atoms with E-state index in [4.69, 9.17) is 4.74 Å². The molecule has 2 aromatic carbocycles. The predicted molar refractivity (Wildman–Crippen MR) is 115 cm³/mol. The van der Waals surface area contributed by atoms with E-state index < -0.39 is 5.82 Å². The number of rotatable bonds is 8. The third-order valence-electron chi connectivity index (χ3n) is 3.93. The fourth-order valence-electron chi connectivity index (χ4n) is 2.58. The van der Waals surface area contributed by atoms with Crippen molar-refractivity contribution in [2.45, 2.75) is 6.92 Å². The zero-order valence-electron chi connectivity index (χ0n) is 16.2. The minimum absolute atomic E-state index is 0.131. The minimum atomic E-state index is -0.517. The zero-order chi connectivity index (χ0) is 21.3. The average molecular weight is 425 g/mol. The van der Waals surface area contributed by atoms with Gasteiger partial charge in [0.2, 0.25) is 11.8 Å². The van der Waals surface area contributed by atoms with Gasteiger partial charge in [0.15, 0.2) is 5.13 Å². The summed E-state index contributed by atoms with van der Waals surface area (Å²) in [5.74, 6) is -0.431. The van der Waals surface area contributed by atoms with Gasteiger partial charge in [-0.2, -0.15) is 0 Å². The second-order valence-electron chi connectivity index (χ2n) is 6.15. The topological polar surface area (TPSA) is 71.5 Å². The number of anilines is 2. The summed E-state index contributed by atoms with van der Waals surface area (Å²) >= 11 is 1.18. The number of para-hydroxylation sites is 2. The van der Waals surface area contributed by atoms with Crippen molar-refractivity contribution >= 4 is 40.0 Å². The van der Waals surface area contributed by atoms with E-state index >= 15 is 0 Å². The molecule has 0 saturated heterocycles. The molecule has 1 heterocycles. The first-order valence-electron chi connectivity index (χ1n) is 9.19. The standard InChI is InChI=1S/C22H20FN3O3S/c1-16(27)26(20-10-6-5-9-19(20)23)22-25-17(15-30-22)11-12-21(28)24-13-14-29-18-7-3-2-4-8-18/h2-12,15H,13-14H2,1H3,(H,24,28)/b12-11+. The van der Waals surface area contributed by atoms with Crippen LogP contribution in [-0.2, 0) is 9.59 Å². The SMILES string of the molecule is CC(=O)N(c1nc(/C=C/C(=O)NCCOc2ccccc2)cs1)c1ccccc1F. The van der Waals surface area contributed by atoms with Crippen molar-refractivity contribution in [3.63, 3.8) is 0 Å². The van der Waals surface area contributed by atoms with Crippen LogP contribution in [0.1, 0.15) is 12.6 Å². The summed E-state index contributed by atoms with van der Waals surface area (Å²) in [5, 5.41) is 4.73. The molecule has 1 N–H and O–H groups in total. The Labute approximate surface area is 177 Å². The lowest BCUT2D eigenvalue weighted by atomic mass is 10.3. The lowest BCUT2D eigenvalue weighted by molar-refractivity contribution is -0.117. The highest BCUT2D eigenvalue weighted by Gasteiger charge is 2.20. The Kier molecular flexibility index (Phi) is 7.29. The lowest BCUT2D eigenvalue weighted by Gasteiger charge is -2.18. The first kappa shape index (κ1) is 21.2. The molecule has 0 spiro atoms. The maximum Gasteiger partial charge on any atom is 0.244 e. The Balaban J connectivity index is 1.56. The van der Waals surface area contributed by atoms with Crippen LogP contribution in [0.3, 0.4) is 0 Å². The Hall–Kier alpha value is -3.52. The molecule has 2 amide bonds. The third-order valence-corrected chi connectivity index (χ3v) is 4.77. The average Bonchev–Trinajstić information content (AvgIpc) is 3.20. The van der Waals surface area contributed by atoms with Gasteiger partial charge in [-0.25, -0.2) is 9.37 Å². The molecule has 0 radical (unpaired) electrons. The largest absolute Gasteiger partial charge is 0.492 e. The van der Waals surface area contributed by atoms with Gasteiger partial charge < -0.3 is 10.1 Å². The van der Waals surface area contributed by atoms with Crippen molar-refractivity contribution in [1.29, 1.82) is 0 Å². The molecule has 3 aromatic rings. The number of halogens is 1. The summed E-state index contributed by atoms with van der Waals surface area (Å²) in [4.78, 5) is 29.5. The molecule has 0 aliphatic heterocycles. The van der Waals surface area contributed by atoms with Crippen LogP contribution in [0.2, 0.25) is 0 Å². The summed E-state index contributed by atoms with van der Waals surface area (Å²) in [5.41, 5.74) is 0.624. The predicted octanol–water partition coefficient (Wildman–Crippen LogP) is 4.18. The van der Waals surface area contributed by atoms with Gasteiger partial charge in [-0.15, -0.1) is 11.3 Å². The highest BCUT2D eigenvalue weighted by Crippen LogP contribution is 2.30. The Morgan fingerprint density at radius 1 is 1.17 bits per heavy atom. The van der Waals surface area contributed by atoms with Crippen LogP contribution in [0.5, 0.6) is 5.75 Å². The molecule has 3 rings (SSSR count). The van der Waals surface area contributed by atoms with Crippen LogP contribution in [0, 0.1) is 5.82 Å². The smallest absolute Gasteiger partial charge is 0.244 e. The first-order chi connectivity index (χ1) is 14.5. The Bertz CT molecular complexity index is 1040. The van der Waals surface area contributed by atoms with E-state index in [1.165, 1.54) is 47.4 Å². The molecule has 8 heteroatoms. The number of carbonyl (C=O) groups excluding carboxylic acids is 2. The molecule has 0 aliphatic carbocycles. The number of amides is 2. The maximum absolute atomic E-state index is 14.1. The molecule has 154 valence electrons. The van der Waals surface area contributed by atoms with Crippen LogP contribution in [0.4, 0.5) is 15.2 Å². The van der Waals surface area contributed by atoms with Crippen molar-refractivity contribution in [2.75, 3.05) is 18.1 Å². The van der Waals surface area contributed by atoms with Crippen LogP contribution in [0.25, 0.3) is 6.08 Å². The van der Waals surface area contributed by atoms with E-state index in [0.29, 0.717) is 24.0 Å². The summed E-state index contributed by atoms with van der Waals surface area (Å²) in [6.45, 7) is 2.04. The monoisotopic (exact) mass is 425 g/mol. The fraction of sp³-hybridized carbons (Fsp3) is 0.136. The summed E-state index contributed by atoms with van der Waals surface area (Å²) < 4.78 is 19.6. The van der Waals surface area contributed by atoms with E-state index in [9.17, 15) is 14.0 Å².